The van der Waals surface area contributed by atoms with E-state index in [2.05, 4.69) is 33.2 Å². The summed E-state index contributed by atoms with van der Waals surface area (Å²) in [6, 6.07) is 11.8. The predicted molar refractivity (Wildman–Crippen MR) is 88.6 cm³/mol. The molecule has 21 heavy (non-hydrogen) atoms. The fourth-order valence-electron chi connectivity index (χ4n) is 1.98. The van der Waals surface area contributed by atoms with Crippen molar-refractivity contribution in [3.8, 4) is 0 Å². The number of hydrogen-bond donors (Lipinski definition) is 1. The summed E-state index contributed by atoms with van der Waals surface area (Å²) < 4.78 is 1.03. The number of halogens is 1. The second-order valence-corrected chi connectivity index (χ2v) is 5.56. The van der Waals surface area contributed by atoms with Crippen molar-refractivity contribution in [1.29, 1.82) is 0 Å². The van der Waals surface area contributed by atoms with Gasteiger partial charge in [0.1, 0.15) is 0 Å². The molecule has 4 heteroatoms. The summed E-state index contributed by atoms with van der Waals surface area (Å²) in [6.07, 6.45) is 7.57. The molecule has 0 radical (unpaired) electrons. The Kier molecular flexibility index (Phi) is 5.69. The van der Waals surface area contributed by atoms with Crippen LogP contribution in [0.1, 0.15) is 30.5 Å². The lowest BCUT2D eigenvalue weighted by Crippen LogP contribution is -2.26. The molecule has 0 saturated heterocycles. The molecule has 0 aliphatic rings. The zero-order chi connectivity index (χ0) is 15.1. The van der Waals surface area contributed by atoms with Gasteiger partial charge in [-0.3, -0.25) is 9.78 Å². The molecule has 0 fully saturated rings. The minimum absolute atomic E-state index is 0.0177. The minimum Gasteiger partial charge on any atom is -0.346 e. The molecule has 0 saturated carbocycles. The average Bonchev–Trinajstić information content (AvgIpc) is 2.52. The highest BCUT2D eigenvalue weighted by Gasteiger charge is 2.10. The van der Waals surface area contributed by atoms with Crippen molar-refractivity contribution in [2.24, 2.45) is 0 Å². The van der Waals surface area contributed by atoms with Crippen LogP contribution < -0.4 is 5.32 Å². The van der Waals surface area contributed by atoms with Gasteiger partial charge in [0.15, 0.2) is 0 Å². The second kappa shape index (κ2) is 7.74. The number of aromatic nitrogens is 1. The van der Waals surface area contributed by atoms with Gasteiger partial charge in [0.25, 0.3) is 0 Å². The fourth-order valence-corrected chi connectivity index (χ4v) is 2.25. The van der Waals surface area contributed by atoms with E-state index in [0.717, 1.165) is 22.0 Å². The lowest BCUT2D eigenvalue weighted by molar-refractivity contribution is -0.117. The molecule has 2 aromatic rings. The van der Waals surface area contributed by atoms with Crippen molar-refractivity contribution in [2.45, 2.75) is 19.4 Å². The summed E-state index contributed by atoms with van der Waals surface area (Å²) in [5.74, 6) is -0.103. The molecule has 0 bridgehead atoms. The third-order valence-electron chi connectivity index (χ3n) is 3.11. The maximum atomic E-state index is 12.0. The van der Waals surface area contributed by atoms with Gasteiger partial charge >= 0.3 is 0 Å². The summed E-state index contributed by atoms with van der Waals surface area (Å²) in [4.78, 5) is 16.0. The molecular weight excluding hydrogens is 328 g/mol. The topological polar surface area (TPSA) is 42.0 Å². The molecule has 108 valence electrons. The van der Waals surface area contributed by atoms with Crippen LogP contribution in [-0.4, -0.2) is 10.9 Å². The molecule has 0 spiro atoms. The van der Waals surface area contributed by atoms with E-state index >= 15 is 0 Å². The first-order valence-electron chi connectivity index (χ1n) is 6.83. The lowest BCUT2D eigenvalue weighted by Gasteiger charge is -2.16. The minimum atomic E-state index is -0.103. The Labute approximate surface area is 133 Å². The Morgan fingerprint density at radius 2 is 2.10 bits per heavy atom. The number of benzene rings is 1. The van der Waals surface area contributed by atoms with Gasteiger partial charge in [0.05, 0.1) is 6.04 Å². The maximum absolute atomic E-state index is 12.0. The Morgan fingerprint density at radius 1 is 1.33 bits per heavy atom. The Balaban J connectivity index is 2.00. The standard InChI is InChI=1S/C17H17BrN2O/c1-2-16(14-6-8-15(18)9-7-14)20-17(21)10-5-13-4-3-11-19-12-13/h3-12,16H,2H2,1H3,(H,20,21)/b10-5+. The van der Waals surface area contributed by atoms with E-state index in [9.17, 15) is 4.79 Å². The van der Waals surface area contributed by atoms with Crippen molar-refractivity contribution in [2.75, 3.05) is 0 Å². The summed E-state index contributed by atoms with van der Waals surface area (Å²) in [5, 5.41) is 3.01. The van der Waals surface area contributed by atoms with Crippen LogP contribution in [-0.2, 0) is 4.79 Å². The SMILES string of the molecule is CCC(NC(=O)/C=C/c1cccnc1)c1ccc(Br)cc1. The van der Waals surface area contributed by atoms with Crippen LogP contribution in [0.15, 0.2) is 59.3 Å². The van der Waals surface area contributed by atoms with Gasteiger partial charge in [0, 0.05) is 22.9 Å². The zero-order valence-corrected chi connectivity index (χ0v) is 13.4. The summed E-state index contributed by atoms with van der Waals surface area (Å²) in [7, 11) is 0. The van der Waals surface area contributed by atoms with Gasteiger partial charge in [0.2, 0.25) is 5.91 Å². The van der Waals surface area contributed by atoms with E-state index in [1.54, 1.807) is 24.5 Å². The van der Waals surface area contributed by atoms with Gasteiger partial charge in [-0.2, -0.15) is 0 Å². The van der Waals surface area contributed by atoms with Crippen LogP contribution >= 0.6 is 15.9 Å². The van der Waals surface area contributed by atoms with Crippen molar-refractivity contribution in [3.05, 3.63) is 70.5 Å². The van der Waals surface area contributed by atoms with Crippen molar-refractivity contribution >= 4 is 27.9 Å². The molecule has 2 rings (SSSR count). The molecule has 1 amide bonds. The second-order valence-electron chi connectivity index (χ2n) is 4.64. The lowest BCUT2D eigenvalue weighted by atomic mass is 10.0. The number of carbonyl (C=O) groups excluding carboxylic acids is 1. The number of amides is 1. The molecule has 1 atom stereocenters. The van der Waals surface area contributed by atoms with Crippen LogP contribution in [0.3, 0.4) is 0 Å². The third kappa shape index (κ3) is 4.83. The monoisotopic (exact) mass is 344 g/mol. The number of pyridine rings is 1. The highest BCUT2D eigenvalue weighted by atomic mass is 79.9. The van der Waals surface area contributed by atoms with Crippen LogP contribution in [0.2, 0.25) is 0 Å². The van der Waals surface area contributed by atoms with E-state index in [0.29, 0.717) is 0 Å². The van der Waals surface area contributed by atoms with Gasteiger partial charge in [-0.25, -0.2) is 0 Å². The number of rotatable bonds is 5. The third-order valence-corrected chi connectivity index (χ3v) is 3.64. The number of hydrogen-bond acceptors (Lipinski definition) is 2. The van der Waals surface area contributed by atoms with Gasteiger partial charge in [-0.15, -0.1) is 0 Å². The number of nitrogens with zero attached hydrogens (tertiary/aromatic N) is 1. The van der Waals surface area contributed by atoms with Crippen molar-refractivity contribution < 1.29 is 4.79 Å². The predicted octanol–water partition coefficient (Wildman–Crippen LogP) is 4.12. The van der Waals surface area contributed by atoms with Crippen LogP contribution in [0.5, 0.6) is 0 Å². The fraction of sp³-hybridized carbons (Fsp3) is 0.176. The van der Waals surface area contributed by atoms with Crippen LogP contribution in [0.4, 0.5) is 0 Å². The summed E-state index contributed by atoms with van der Waals surface area (Å²) in [6.45, 7) is 2.05. The Bertz CT molecular complexity index is 608. The smallest absolute Gasteiger partial charge is 0.244 e. The first-order valence-corrected chi connectivity index (χ1v) is 7.62. The summed E-state index contributed by atoms with van der Waals surface area (Å²) in [5.41, 5.74) is 2.01. The summed E-state index contributed by atoms with van der Waals surface area (Å²) >= 11 is 3.41. The van der Waals surface area contributed by atoms with Crippen LogP contribution in [0, 0.1) is 0 Å². The first-order chi connectivity index (χ1) is 10.2. The largest absolute Gasteiger partial charge is 0.346 e. The molecule has 1 N–H and O–H groups in total. The number of nitrogens with one attached hydrogen (secondary N) is 1. The number of carbonyl (C=O) groups is 1. The molecule has 1 aromatic carbocycles. The zero-order valence-electron chi connectivity index (χ0n) is 11.8. The highest BCUT2D eigenvalue weighted by molar-refractivity contribution is 9.10. The molecule has 0 aliphatic heterocycles. The Morgan fingerprint density at radius 3 is 2.71 bits per heavy atom. The molecule has 1 heterocycles. The van der Waals surface area contributed by atoms with E-state index in [1.165, 1.54) is 0 Å². The van der Waals surface area contributed by atoms with E-state index in [4.69, 9.17) is 0 Å². The molecule has 1 unspecified atom stereocenters. The van der Waals surface area contributed by atoms with Crippen molar-refractivity contribution in [1.82, 2.24) is 10.3 Å². The van der Waals surface area contributed by atoms with E-state index in [-0.39, 0.29) is 11.9 Å². The first kappa shape index (κ1) is 15.4. The normalized spacial score (nSPS) is 12.3. The highest BCUT2D eigenvalue weighted by Crippen LogP contribution is 2.19. The van der Waals surface area contributed by atoms with Gasteiger partial charge in [-0.1, -0.05) is 41.1 Å². The Hall–Kier alpha value is -1.94. The molecule has 0 aliphatic carbocycles. The quantitative estimate of drug-likeness (QED) is 0.828. The van der Waals surface area contributed by atoms with E-state index < -0.39 is 0 Å². The van der Waals surface area contributed by atoms with Crippen LogP contribution in [0.25, 0.3) is 6.08 Å². The van der Waals surface area contributed by atoms with Crippen molar-refractivity contribution in [3.63, 3.8) is 0 Å². The molecule has 1 aromatic heterocycles. The maximum Gasteiger partial charge on any atom is 0.244 e. The van der Waals surface area contributed by atoms with E-state index in [1.807, 2.05) is 36.4 Å². The van der Waals surface area contributed by atoms with Gasteiger partial charge in [-0.05, 0) is 41.8 Å². The van der Waals surface area contributed by atoms with Gasteiger partial charge < -0.3 is 5.32 Å². The average molecular weight is 345 g/mol. The molecule has 3 nitrogen and oxygen atoms in total. The molecular formula is C17H17BrN2O.